The monoisotopic (exact) mass is 298 g/mol. The lowest BCUT2D eigenvalue weighted by molar-refractivity contribution is -0.0107. The first-order valence-corrected chi connectivity index (χ1v) is 9.42. The molecule has 3 unspecified atom stereocenters. The van der Waals surface area contributed by atoms with E-state index in [-0.39, 0.29) is 0 Å². The van der Waals surface area contributed by atoms with Gasteiger partial charge >= 0.3 is 0 Å². The van der Waals surface area contributed by atoms with Crippen LogP contribution in [-0.2, 0) is 11.8 Å². The highest BCUT2D eigenvalue weighted by molar-refractivity contribution is 5.42. The molecule has 1 aromatic rings. The van der Waals surface area contributed by atoms with Crippen LogP contribution in [0, 0.1) is 17.3 Å². The first kappa shape index (κ1) is 16.1. The number of benzene rings is 1. The Bertz CT molecular complexity index is 553. The lowest BCUT2D eigenvalue weighted by Gasteiger charge is -2.57. The van der Waals surface area contributed by atoms with Crippen molar-refractivity contribution in [2.75, 3.05) is 0 Å². The predicted molar refractivity (Wildman–Crippen MR) is 96.5 cm³/mol. The second-order valence-corrected chi connectivity index (χ2v) is 9.09. The Morgan fingerprint density at radius 2 is 1.77 bits per heavy atom. The Morgan fingerprint density at radius 3 is 2.41 bits per heavy atom. The summed E-state index contributed by atoms with van der Waals surface area (Å²) in [5.41, 5.74) is 5.77. The molecule has 0 aliphatic heterocycles. The zero-order valence-electron chi connectivity index (χ0n) is 15.5. The molecule has 122 valence electrons. The second-order valence-electron chi connectivity index (χ2n) is 9.09. The fourth-order valence-corrected chi connectivity index (χ4v) is 5.61. The average Bonchev–Trinajstić information content (AvgIpc) is 2.46. The summed E-state index contributed by atoms with van der Waals surface area (Å²) in [4.78, 5) is 0. The third kappa shape index (κ3) is 2.25. The molecular formula is C22H34. The van der Waals surface area contributed by atoms with Gasteiger partial charge in [-0.3, -0.25) is 0 Å². The van der Waals surface area contributed by atoms with E-state index in [1.54, 1.807) is 11.1 Å². The summed E-state index contributed by atoms with van der Waals surface area (Å²) in [6.45, 7) is 14.7. The van der Waals surface area contributed by atoms with Crippen molar-refractivity contribution in [1.82, 2.24) is 0 Å². The Hall–Kier alpha value is -0.780. The van der Waals surface area contributed by atoms with Crippen molar-refractivity contribution in [2.24, 2.45) is 17.3 Å². The number of rotatable bonds is 2. The SMILES string of the molecule is CC(C)c1ccc2c(c1)CCC1C2(C)CCCC1(C)C(C)C. The lowest BCUT2D eigenvalue weighted by atomic mass is 9.47. The molecule has 3 atom stereocenters. The summed E-state index contributed by atoms with van der Waals surface area (Å²) in [5, 5.41) is 0. The highest BCUT2D eigenvalue weighted by Gasteiger charge is 2.52. The summed E-state index contributed by atoms with van der Waals surface area (Å²) in [7, 11) is 0. The van der Waals surface area contributed by atoms with E-state index >= 15 is 0 Å². The molecule has 1 aromatic carbocycles. The summed E-state index contributed by atoms with van der Waals surface area (Å²) in [6, 6.07) is 7.41. The van der Waals surface area contributed by atoms with E-state index < -0.39 is 0 Å². The number of hydrogen-bond donors (Lipinski definition) is 0. The lowest BCUT2D eigenvalue weighted by Crippen LogP contribution is -2.51. The van der Waals surface area contributed by atoms with Gasteiger partial charge in [-0.1, -0.05) is 66.2 Å². The Kier molecular flexibility index (Phi) is 3.94. The topological polar surface area (TPSA) is 0 Å². The molecule has 0 saturated heterocycles. The molecule has 0 heterocycles. The van der Waals surface area contributed by atoms with Gasteiger partial charge in [0.1, 0.15) is 0 Å². The first-order valence-electron chi connectivity index (χ1n) is 9.42. The Balaban J connectivity index is 2.06. The van der Waals surface area contributed by atoms with E-state index in [2.05, 4.69) is 59.7 Å². The molecule has 0 spiro atoms. The molecule has 0 aromatic heterocycles. The van der Waals surface area contributed by atoms with Gasteiger partial charge in [0.25, 0.3) is 0 Å². The van der Waals surface area contributed by atoms with Crippen molar-refractivity contribution in [3.8, 4) is 0 Å². The van der Waals surface area contributed by atoms with Crippen molar-refractivity contribution >= 4 is 0 Å². The van der Waals surface area contributed by atoms with Crippen LogP contribution in [0.4, 0.5) is 0 Å². The van der Waals surface area contributed by atoms with Crippen LogP contribution in [0.5, 0.6) is 0 Å². The van der Waals surface area contributed by atoms with Gasteiger partial charge in [0.05, 0.1) is 0 Å². The standard InChI is InChI=1S/C22H34/c1-15(2)17-8-10-19-18(14-17)9-11-20-21(5,16(3)4)12-7-13-22(19,20)6/h8,10,14-16,20H,7,9,11-13H2,1-6H3. The third-order valence-corrected chi connectivity index (χ3v) is 7.41. The van der Waals surface area contributed by atoms with E-state index in [0.717, 1.165) is 11.8 Å². The minimum atomic E-state index is 0.403. The van der Waals surface area contributed by atoms with E-state index in [4.69, 9.17) is 0 Å². The van der Waals surface area contributed by atoms with Crippen LogP contribution in [0.15, 0.2) is 18.2 Å². The van der Waals surface area contributed by atoms with Gasteiger partial charge in [-0.05, 0) is 71.0 Å². The van der Waals surface area contributed by atoms with Crippen LogP contribution >= 0.6 is 0 Å². The van der Waals surface area contributed by atoms with E-state index in [0.29, 0.717) is 16.7 Å². The maximum Gasteiger partial charge on any atom is -0.00389 e. The Labute approximate surface area is 137 Å². The zero-order chi connectivity index (χ0) is 16.1. The van der Waals surface area contributed by atoms with Gasteiger partial charge in [0.15, 0.2) is 0 Å². The van der Waals surface area contributed by atoms with Gasteiger partial charge < -0.3 is 0 Å². The van der Waals surface area contributed by atoms with Crippen molar-refractivity contribution in [1.29, 1.82) is 0 Å². The molecule has 0 N–H and O–H groups in total. The van der Waals surface area contributed by atoms with Gasteiger partial charge in [0.2, 0.25) is 0 Å². The molecule has 22 heavy (non-hydrogen) atoms. The van der Waals surface area contributed by atoms with E-state index in [9.17, 15) is 0 Å². The predicted octanol–water partition coefficient (Wildman–Crippen LogP) is 6.48. The van der Waals surface area contributed by atoms with Crippen molar-refractivity contribution in [3.05, 3.63) is 34.9 Å². The minimum Gasteiger partial charge on any atom is -0.0622 e. The average molecular weight is 299 g/mol. The van der Waals surface area contributed by atoms with Crippen molar-refractivity contribution < 1.29 is 0 Å². The van der Waals surface area contributed by atoms with Crippen LogP contribution in [0.2, 0.25) is 0 Å². The second kappa shape index (κ2) is 5.39. The van der Waals surface area contributed by atoms with Crippen LogP contribution in [0.3, 0.4) is 0 Å². The number of hydrogen-bond acceptors (Lipinski definition) is 0. The highest BCUT2D eigenvalue weighted by atomic mass is 14.6. The summed E-state index contributed by atoms with van der Waals surface area (Å²) >= 11 is 0. The van der Waals surface area contributed by atoms with Gasteiger partial charge in [-0.15, -0.1) is 0 Å². The summed E-state index contributed by atoms with van der Waals surface area (Å²) in [6.07, 6.45) is 6.88. The fourth-order valence-electron chi connectivity index (χ4n) is 5.61. The van der Waals surface area contributed by atoms with Gasteiger partial charge in [-0.2, -0.15) is 0 Å². The molecule has 0 radical (unpaired) electrons. The summed E-state index contributed by atoms with van der Waals surface area (Å²) < 4.78 is 0. The van der Waals surface area contributed by atoms with Crippen molar-refractivity contribution in [2.45, 2.75) is 85.0 Å². The molecule has 0 heteroatoms. The van der Waals surface area contributed by atoms with E-state index in [1.807, 2.05) is 0 Å². The summed E-state index contributed by atoms with van der Waals surface area (Å²) in [5.74, 6) is 2.28. The van der Waals surface area contributed by atoms with Gasteiger partial charge in [0, 0.05) is 0 Å². The van der Waals surface area contributed by atoms with Crippen LogP contribution in [0.25, 0.3) is 0 Å². The number of fused-ring (bicyclic) bond motifs is 3. The number of aryl methyl sites for hydroxylation is 1. The Morgan fingerprint density at radius 1 is 1.05 bits per heavy atom. The molecule has 2 aliphatic carbocycles. The molecular weight excluding hydrogens is 264 g/mol. The molecule has 3 rings (SSSR count). The largest absolute Gasteiger partial charge is 0.0622 e. The van der Waals surface area contributed by atoms with Crippen LogP contribution in [0.1, 0.15) is 89.8 Å². The van der Waals surface area contributed by atoms with Crippen molar-refractivity contribution in [3.63, 3.8) is 0 Å². The third-order valence-electron chi connectivity index (χ3n) is 7.41. The smallest absolute Gasteiger partial charge is 0.00389 e. The highest BCUT2D eigenvalue weighted by Crippen LogP contribution is 2.59. The first-order chi connectivity index (χ1) is 10.3. The van der Waals surface area contributed by atoms with Gasteiger partial charge in [-0.25, -0.2) is 0 Å². The molecule has 1 saturated carbocycles. The molecule has 0 amide bonds. The quantitative estimate of drug-likeness (QED) is 0.586. The minimum absolute atomic E-state index is 0.403. The van der Waals surface area contributed by atoms with Crippen LogP contribution in [-0.4, -0.2) is 0 Å². The molecule has 2 aliphatic rings. The fraction of sp³-hybridized carbons (Fsp3) is 0.727. The maximum atomic E-state index is 2.58. The molecule has 0 bridgehead atoms. The maximum absolute atomic E-state index is 2.58. The molecule has 0 nitrogen and oxygen atoms in total. The zero-order valence-corrected chi connectivity index (χ0v) is 15.5. The molecule has 1 fully saturated rings. The van der Waals surface area contributed by atoms with Crippen LogP contribution < -0.4 is 0 Å². The normalized spacial score (nSPS) is 34.6. The van der Waals surface area contributed by atoms with E-state index in [1.165, 1.54) is 37.7 Å².